The molecule has 0 radical (unpaired) electrons. The van der Waals surface area contributed by atoms with E-state index in [0.29, 0.717) is 31.1 Å². The lowest BCUT2D eigenvalue weighted by Crippen LogP contribution is -2.19. The van der Waals surface area contributed by atoms with Gasteiger partial charge in [-0.2, -0.15) is 13.2 Å². The van der Waals surface area contributed by atoms with Crippen LogP contribution in [0, 0.1) is 12.8 Å². The average molecular weight is 436 g/mol. The molecule has 0 bridgehead atoms. The van der Waals surface area contributed by atoms with Gasteiger partial charge in [0.25, 0.3) is 0 Å². The molecule has 1 amide bonds. The number of carbonyl (C=O) groups excluding carboxylic acids is 1. The predicted octanol–water partition coefficient (Wildman–Crippen LogP) is 4.29. The van der Waals surface area contributed by atoms with Gasteiger partial charge in [0.2, 0.25) is 5.91 Å². The number of rotatable bonds is 4. The number of hydrogen-bond donors (Lipinski definition) is 2. The molecule has 0 aliphatic carbocycles. The number of amides is 1. The number of benzene rings is 1. The number of nitrogens with two attached hydrogens (primary N) is 1. The van der Waals surface area contributed by atoms with Gasteiger partial charge in [0, 0.05) is 49.8 Å². The van der Waals surface area contributed by atoms with Crippen LogP contribution in [0.15, 0.2) is 29.3 Å². The highest BCUT2D eigenvalue weighted by Crippen LogP contribution is 2.38. The van der Waals surface area contributed by atoms with Crippen LogP contribution in [0.4, 0.5) is 19.0 Å². The average Bonchev–Trinajstić information content (AvgIpc) is 3.01. The lowest BCUT2D eigenvalue weighted by molar-refractivity contribution is -0.137. The summed E-state index contributed by atoms with van der Waals surface area (Å²) in [4.78, 5) is 21.8. The van der Waals surface area contributed by atoms with Gasteiger partial charge < -0.3 is 15.7 Å². The second-order valence-electron chi connectivity index (χ2n) is 7.19. The number of aryl methyl sites for hydroxylation is 1. The standard InChI is InChI=1S/C20H21F3N4O2.C2H6/c1-11-5-14(20(21,22)23)7-16(28)18(11)15-4-3-13(19(24)26-15)9-25-8-12-6-17(29)27(2)10-12;1-2/h3-5,7,9,12,28H,6,8,10H2,1-2H3,(H2,24,26);1-2H3. The van der Waals surface area contributed by atoms with Crippen LogP contribution < -0.4 is 5.73 Å². The summed E-state index contributed by atoms with van der Waals surface area (Å²) < 4.78 is 38.7. The third kappa shape index (κ3) is 5.74. The van der Waals surface area contributed by atoms with Crippen LogP contribution >= 0.6 is 0 Å². The van der Waals surface area contributed by atoms with Crippen molar-refractivity contribution in [1.82, 2.24) is 9.88 Å². The van der Waals surface area contributed by atoms with Crippen LogP contribution in [-0.2, 0) is 11.0 Å². The zero-order valence-electron chi connectivity index (χ0n) is 18.0. The van der Waals surface area contributed by atoms with Gasteiger partial charge in [-0.25, -0.2) is 4.98 Å². The molecule has 1 unspecified atom stereocenters. The molecule has 1 fully saturated rings. The molecule has 1 aromatic heterocycles. The first-order valence-electron chi connectivity index (χ1n) is 9.97. The number of phenolic OH excluding ortho intramolecular Hbond substituents is 1. The van der Waals surface area contributed by atoms with Crippen LogP contribution in [0.2, 0.25) is 0 Å². The lowest BCUT2D eigenvalue weighted by atomic mass is 10.00. The summed E-state index contributed by atoms with van der Waals surface area (Å²) in [7, 11) is 1.76. The van der Waals surface area contributed by atoms with Crippen molar-refractivity contribution < 1.29 is 23.1 Å². The molecule has 1 aliphatic heterocycles. The number of hydrogen-bond acceptors (Lipinski definition) is 5. The number of aliphatic imine (C=N–C) groups is 1. The topological polar surface area (TPSA) is 91.8 Å². The minimum absolute atomic E-state index is 0.0995. The molecule has 6 nitrogen and oxygen atoms in total. The second kappa shape index (κ2) is 9.80. The molecule has 31 heavy (non-hydrogen) atoms. The molecule has 2 heterocycles. The number of anilines is 1. The number of aromatic hydroxyl groups is 1. The Hall–Kier alpha value is -3.10. The van der Waals surface area contributed by atoms with Crippen molar-refractivity contribution in [1.29, 1.82) is 0 Å². The Bertz CT molecular complexity index is 951. The Kier molecular flexibility index (Phi) is 7.65. The lowest BCUT2D eigenvalue weighted by Gasteiger charge is -2.14. The van der Waals surface area contributed by atoms with Crippen molar-refractivity contribution in [3.8, 4) is 17.0 Å². The first-order chi connectivity index (χ1) is 14.6. The first-order valence-corrected chi connectivity index (χ1v) is 9.97. The van der Waals surface area contributed by atoms with E-state index >= 15 is 0 Å². The summed E-state index contributed by atoms with van der Waals surface area (Å²) in [5, 5.41) is 10.1. The van der Waals surface area contributed by atoms with Crippen LogP contribution in [0.25, 0.3) is 11.3 Å². The SMILES string of the molecule is CC.Cc1cc(C(F)(F)F)cc(O)c1-c1ccc(C=NCC2CC(=O)N(C)C2)c(N)n1. The molecule has 168 valence electrons. The van der Waals surface area contributed by atoms with Gasteiger partial charge in [0.05, 0.1) is 11.3 Å². The van der Waals surface area contributed by atoms with Crippen LogP contribution in [0.3, 0.4) is 0 Å². The van der Waals surface area contributed by atoms with Gasteiger partial charge in [-0.05, 0) is 36.8 Å². The summed E-state index contributed by atoms with van der Waals surface area (Å²) in [5.41, 5.74) is 6.30. The van der Waals surface area contributed by atoms with E-state index in [1.165, 1.54) is 6.92 Å². The monoisotopic (exact) mass is 436 g/mol. The molecular formula is C22H27F3N4O2. The fourth-order valence-electron chi connectivity index (χ4n) is 3.38. The molecule has 1 atom stereocenters. The van der Waals surface area contributed by atoms with Gasteiger partial charge in [0.15, 0.2) is 0 Å². The van der Waals surface area contributed by atoms with E-state index in [-0.39, 0.29) is 34.5 Å². The third-order valence-electron chi connectivity index (χ3n) is 4.87. The van der Waals surface area contributed by atoms with Crippen molar-refractivity contribution in [2.75, 3.05) is 25.9 Å². The number of aromatic nitrogens is 1. The number of alkyl halides is 3. The van der Waals surface area contributed by atoms with Gasteiger partial charge in [-0.1, -0.05) is 13.8 Å². The van der Waals surface area contributed by atoms with E-state index < -0.39 is 17.5 Å². The Balaban J connectivity index is 0.00000166. The van der Waals surface area contributed by atoms with E-state index in [1.54, 1.807) is 30.3 Å². The molecule has 1 aliphatic rings. The van der Waals surface area contributed by atoms with Gasteiger partial charge in [0.1, 0.15) is 11.6 Å². The van der Waals surface area contributed by atoms with E-state index in [1.807, 2.05) is 13.8 Å². The number of halogens is 3. The molecule has 1 saturated heterocycles. The molecule has 0 saturated carbocycles. The number of carbonyl (C=O) groups is 1. The Morgan fingerprint density at radius 1 is 1.32 bits per heavy atom. The van der Waals surface area contributed by atoms with E-state index in [2.05, 4.69) is 9.98 Å². The van der Waals surface area contributed by atoms with Gasteiger partial charge in [-0.3, -0.25) is 9.79 Å². The van der Waals surface area contributed by atoms with Gasteiger partial charge in [-0.15, -0.1) is 0 Å². The molecule has 3 N–H and O–H groups in total. The van der Waals surface area contributed by atoms with Crippen molar-refractivity contribution >= 4 is 17.9 Å². The summed E-state index contributed by atoms with van der Waals surface area (Å²) in [6.07, 6.45) is -2.52. The maximum absolute atomic E-state index is 12.9. The fraction of sp³-hybridized carbons (Fsp3) is 0.409. The van der Waals surface area contributed by atoms with Crippen molar-refractivity contribution in [2.45, 2.75) is 33.4 Å². The summed E-state index contributed by atoms with van der Waals surface area (Å²) in [6, 6.07) is 4.85. The Labute approximate surface area is 179 Å². The van der Waals surface area contributed by atoms with E-state index in [9.17, 15) is 23.1 Å². The van der Waals surface area contributed by atoms with Crippen molar-refractivity contribution in [2.24, 2.45) is 10.9 Å². The third-order valence-corrected chi connectivity index (χ3v) is 4.87. The Morgan fingerprint density at radius 2 is 2.00 bits per heavy atom. The first kappa shape index (κ1) is 24.2. The van der Waals surface area contributed by atoms with Crippen LogP contribution in [0.5, 0.6) is 5.75 Å². The smallest absolute Gasteiger partial charge is 0.416 e. The molecule has 3 rings (SSSR count). The maximum Gasteiger partial charge on any atom is 0.416 e. The minimum atomic E-state index is -4.55. The summed E-state index contributed by atoms with van der Waals surface area (Å²) in [6.45, 7) is 6.61. The number of nitrogen functional groups attached to an aromatic ring is 1. The van der Waals surface area contributed by atoms with E-state index in [0.717, 1.165) is 6.07 Å². The van der Waals surface area contributed by atoms with Crippen molar-refractivity contribution in [3.05, 3.63) is 41.0 Å². The molecule has 2 aromatic rings. The largest absolute Gasteiger partial charge is 0.507 e. The molecule has 1 aromatic carbocycles. The number of nitrogens with zero attached hydrogens (tertiary/aromatic N) is 3. The summed E-state index contributed by atoms with van der Waals surface area (Å²) in [5.74, 6) is -0.114. The maximum atomic E-state index is 12.9. The van der Waals surface area contributed by atoms with Gasteiger partial charge >= 0.3 is 6.18 Å². The normalized spacial score (nSPS) is 16.5. The number of phenols is 1. The van der Waals surface area contributed by atoms with Crippen molar-refractivity contribution in [3.63, 3.8) is 0 Å². The van der Waals surface area contributed by atoms with Crippen LogP contribution in [0.1, 0.15) is 37.0 Å². The fourth-order valence-corrected chi connectivity index (χ4v) is 3.38. The van der Waals surface area contributed by atoms with Crippen LogP contribution in [-0.4, -0.2) is 47.2 Å². The highest BCUT2D eigenvalue weighted by Gasteiger charge is 2.32. The zero-order valence-corrected chi connectivity index (χ0v) is 18.0. The molecule has 0 spiro atoms. The zero-order chi connectivity index (χ0) is 23.3. The number of pyridine rings is 1. The molecular weight excluding hydrogens is 409 g/mol. The molecule has 9 heteroatoms. The number of likely N-dealkylation sites (tertiary alicyclic amines) is 1. The second-order valence-corrected chi connectivity index (χ2v) is 7.19. The summed E-state index contributed by atoms with van der Waals surface area (Å²) >= 11 is 0. The highest BCUT2D eigenvalue weighted by atomic mass is 19.4. The quantitative estimate of drug-likeness (QED) is 0.700. The highest BCUT2D eigenvalue weighted by molar-refractivity contribution is 5.87. The predicted molar refractivity (Wildman–Crippen MR) is 115 cm³/mol. The minimum Gasteiger partial charge on any atom is -0.507 e. The Morgan fingerprint density at radius 3 is 2.52 bits per heavy atom. The van der Waals surface area contributed by atoms with E-state index in [4.69, 9.17) is 5.73 Å².